The van der Waals surface area contributed by atoms with E-state index in [9.17, 15) is 4.79 Å². The van der Waals surface area contributed by atoms with Crippen LogP contribution in [0.5, 0.6) is 11.5 Å². The van der Waals surface area contributed by atoms with Crippen LogP contribution in [0.4, 0.5) is 5.69 Å². The first-order valence-electron chi connectivity index (χ1n) is 9.57. The third kappa shape index (κ3) is 4.42. The Bertz CT molecular complexity index is 1000. The Morgan fingerprint density at radius 2 is 1.93 bits per heavy atom. The molecule has 1 aromatic heterocycles. The smallest absolute Gasteiger partial charge is 0.255 e. The predicted molar refractivity (Wildman–Crippen MR) is 112 cm³/mol. The molecule has 152 valence electrons. The minimum atomic E-state index is -0.190. The second-order valence-corrected chi connectivity index (χ2v) is 6.87. The highest BCUT2D eigenvalue weighted by Gasteiger charge is 2.15. The number of carbonyl (C=O) groups excluding carboxylic acids is 1. The fraction of sp³-hybridized carbons (Fsp3) is 0.304. The number of ether oxygens (including phenoxy) is 2. The van der Waals surface area contributed by atoms with Crippen LogP contribution in [0.2, 0.25) is 0 Å². The molecule has 0 fully saturated rings. The second-order valence-electron chi connectivity index (χ2n) is 6.87. The van der Waals surface area contributed by atoms with Crippen molar-refractivity contribution in [2.75, 3.05) is 12.4 Å². The molecule has 0 saturated carbocycles. The van der Waals surface area contributed by atoms with Crippen LogP contribution in [0.3, 0.4) is 0 Å². The molecule has 0 bridgehead atoms. The number of carbonyl (C=O) groups is 1. The molecule has 1 amide bonds. The SMILES string of the molecule is CCc1cccc(C)c1NC(=O)c1ccc(OCc2c(C)noc2C)c(OC)c1. The molecule has 0 unspecified atom stereocenters. The lowest BCUT2D eigenvalue weighted by Crippen LogP contribution is -2.14. The summed E-state index contributed by atoms with van der Waals surface area (Å²) in [4.78, 5) is 12.8. The molecule has 1 heterocycles. The zero-order chi connectivity index (χ0) is 21.0. The summed E-state index contributed by atoms with van der Waals surface area (Å²) < 4.78 is 16.5. The van der Waals surface area contributed by atoms with Crippen molar-refractivity contribution in [2.24, 2.45) is 0 Å². The Kier molecular flexibility index (Phi) is 6.22. The van der Waals surface area contributed by atoms with Gasteiger partial charge in [-0.1, -0.05) is 30.3 Å². The number of benzene rings is 2. The highest BCUT2D eigenvalue weighted by Crippen LogP contribution is 2.30. The van der Waals surface area contributed by atoms with E-state index in [4.69, 9.17) is 14.0 Å². The molecule has 3 rings (SSSR count). The van der Waals surface area contributed by atoms with Crippen LogP contribution < -0.4 is 14.8 Å². The third-order valence-corrected chi connectivity index (χ3v) is 4.96. The minimum Gasteiger partial charge on any atom is -0.493 e. The number of hydrogen-bond donors (Lipinski definition) is 1. The van der Waals surface area contributed by atoms with E-state index < -0.39 is 0 Å². The molecule has 0 aliphatic carbocycles. The van der Waals surface area contributed by atoms with E-state index in [2.05, 4.69) is 17.4 Å². The van der Waals surface area contributed by atoms with Crippen molar-refractivity contribution in [3.05, 3.63) is 70.1 Å². The van der Waals surface area contributed by atoms with Crippen LogP contribution in [-0.2, 0) is 13.0 Å². The van der Waals surface area contributed by atoms with Gasteiger partial charge in [-0.3, -0.25) is 4.79 Å². The van der Waals surface area contributed by atoms with E-state index in [1.165, 1.54) is 0 Å². The molecular weight excluding hydrogens is 368 g/mol. The largest absolute Gasteiger partial charge is 0.493 e. The zero-order valence-corrected chi connectivity index (χ0v) is 17.5. The van der Waals surface area contributed by atoms with Gasteiger partial charge in [-0.25, -0.2) is 0 Å². The molecule has 6 nitrogen and oxygen atoms in total. The number of anilines is 1. The van der Waals surface area contributed by atoms with Gasteiger partial charge in [-0.2, -0.15) is 0 Å². The highest BCUT2D eigenvalue weighted by molar-refractivity contribution is 6.05. The van der Waals surface area contributed by atoms with E-state index >= 15 is 0 Å². The van der Waals surface area contributed by atoms with Crippen LogP contribution in [0.15, 0.2) is 40.9 Å². The molecule has 1 N–H and O–H groups in total. The van der Waals surface area contributed by atoms with Crippen LogP contribution in [0.1, 0.15) is 45.4 Å². The number of rotatable bonds is 7. The summed E-state index contributed by atoms with van der Waals surface area (Å²) in [5, 5.41) is 6.96. The molecule has 2 aromatic carbocycles. The van der Waals surface area contributed by atoms with Gasteiger partial charge in [-0.15, -0.1) is 0 Å². The van der Waals surface area contributed by atoms with Crippen molar-refractivity contribution < 1.29 is 18.8 Å². The molecule has 0 radical (unpaired) electrons. The quantitative estimate of drug-likeness (QED) is 0.610. The number of nitrogens with zero attached hydrogens (tertiary/aromatic N) is 1. The summed E-state index contributed by atoms with van der Waals surface area (Å²) >= 11 is 0. The summed E-state index contributed by atoms with van der Waals surface area (Å²) in [6.07, 6.45) is 0.842. The summed E-state index contributed by atoms with van der Waals surface area (Å²) in [5.41, 5.74) is 5.19. The second kappa shape index (κ2) is 8.82. The molecule has 0 atom stereocenters. The van der Waals surface area contributed by atoms with Gasteiger partial charge < -0.3 is 19.3 Å². The first-order valence-corrected chi connectivity index (χ1v) is 9.57. The maximum Gasteiger partial charge on any atom is 0.255 e. The molecular formula is C23H26N2O4. The van der Waals surface area contributed by atoms with Crippen LogP contribution in [0.25, 0.3) is 0 Å². The van der Waals surface area contributed by atoms with Crippen molar-refractivity contribution >= 4 is 11.6 Å². The lowest BCUT2D eigenvalue weighted by molar-refractivity contribution is 0.102. The Morgan fingerprint density at radius 3 is 2.59 bits per heavy atom. The number of nitrogens with one attached hydrogen (secondary N) is 1. The Balaban J connectivity index is 1.79. The van der Waals surface area contributed by atoms with Crippen molar-refractivity contribution in [3.8, 4) is 11.5 Å². The van der Waals surface area contributed by atoms with Gasteiger partial charge in [0.05, 0.1) is 18.4 Å². The first kappa shape index (κ1) is 20.5. The predicted octanol–water partition coefficient (Wildman–Crippen LogP) is 5.00. The third-order valence-electron chi connectivity index (χ3n) is 4.96. The lowest BCUT2D eigenvalue weighted by atomic mass is 10.1. The number of para-hydroxylation sites is 1. The number of methoxy groups -OCH3 is 1. The summed E-state index contributed by atoms with van der Waals surface area (Å²) in [6, 6.07) is 11.2. The highest BCUT2D eigenvalue weighted by atomic mass is 16.5. The number of aromatic nitrogens is 1. The van der Waals surface area contributed by atoms with Crippen molar-refractivity contribution in [1.29, 1.82) is 0 Å². The Labute approximate surface area is 170 Å². The van der Waals surface area contributed by atoms with Crippen molar-refractivity contribution in [1.82, 2.24) is 5.16 Å². The summed E-state index contributed by atoms with van der Waals surface area (Å²) in [5.74, 6) is 1.58. The average molecular weight is 394 g/mol. The van der Waals surface area contributed by atoms with Crippen LogP contribution in [0, 0.1) is 20.8 Å². The van der Waals surface area contributed by atoms with Gasteiger partial charge in [0.2, 0.25) is 0 Å². The van der Waals surface area contributed by atoms with Gasteiger partial charge >= 0.3 is 0 Å². The molecule has 29 heavy (non-hydrogen) atoms. The van der Waals surface area contributed by atoms with Crippen LogP contribution in [-0.4, -0.2) is 18.2 Å². The number of amides is 1. The van der Waals surface area contributed by atoms with E-state index in [1.807, 2.05) is 39.0 Å². The van der Waals surface area contributed by atoms with Gasteiger partial charge in [0, 0.05) is 11.3 Å². The Hall–Kier alpha value is -3.28. The standard InChI is InChI=1S/C23H26N2O4/c1-6-17-9-7-8-14(2)22(17)24-23(26)18-10-11-20(21(12-18)27-5)28-13-19-15(3)25-29-16(19)4/h7-12H,6,13H2,1-5H3,(H,24,26). The van der Waals surface area contributed by atoms with Gasteiger partial charge in [0.15, 0.2) is 11.5 Å². The van der Waals surface area contributed by atoms with Crippen molar-refractivity contribution in [2.45, 2.75) is 40.7 Å². The lowest BCUT2D eigenvalue weighted by Gasteiger charge is -2.15. The summed E-state index contributed by atoms with van der Waals surface area (Å²) in [7, 11) is 1.55. The summed E-state index contributed by atoms with van der Waals surface area (Å²) in [6.45, 7) is 8.08. The molecule has 6 heteroatoms. The molecule has 0 aliphatic rings. The first-order chi connectivity index (χ1) is 13.9. The zero-order valence-electron chi connectivity index (χ0n) is 17.5. The topological polar surface area (TPSA) is 73.6 Å². The van der Waals surface area contributed by atoms with Gasteiger partial charge in [-0.05, 0) is 56.5 Å². The fourth-order valence-corrected chi connectivity index (χ4v) is 3.17. The average Bonchev–Trinajstić information content (AvgIpc) is 3.05. The number of hydrogen-bond acceptors (Lipinski definition) is 5. The Morgan fingerprint density at radius 1 is 1.14 bits per heavy atom. The fourth-order valence-electron chi connectivity index (χ4n) is 3.17. The normalized spacial score (nSPS) is 10.7. The molecule has 0 aliphatic heterocycles. The minimum absolute atomic E-state index is 0.190. The van der Waals surface area contributed by atoms with Crippen LogP contribution >= 0.6 is 0 Å². The van der Waals surface area contributed by atoms with Gasteiger partial charge in [0.25, 0.3) is 5.91 Å². The van der Waals surface area contributed by atoms with E-state index in [0.717, 1.165) is 40.3 Å². The van der Waals surface area contributed by atoms with E-state index in [0.29, 0.717) is 23.7 Å². The maximum atomic E-state index is 12.8. The van der Waals surface area contributed by atoms with E-state index in [1.54, 1.807) is 25.3 Å². The number of aryl methyl sites for hydroxylation is 4. The van der Waals surface area contributed by atoms with Crippen molar-refractivity contribution in [3.63, 3.8) is 0 Å². The van der Waals surface area contributed by atoms with Gasteiger partial charge in [0.1, 0.15) is 12.4 Å². The molecule has 0 spiro atoms. The maximum absolute atomic E-state index is 12.8. The molecule has 0 saturated heterocycles. The molecule has 3 aromatic rings. The van der Waals surface area contributed by atoms with E-state index in [-0.39, 0.29) is 5.91 Å². The monoisotopic (exact) mass is 394 g/mol.